The number of hydrogen-bond acceptors (Lipinski definition) is 5. The first kappa shape index (κ1) is 12.1. The Balaban J connectivity index is 2.23. The van der Waals surface area contributed by atoms with Gasteiger partial charge in [-0.05, 0) is 25.1 Å². The van der Waals surface area contributed by atoms with Crippen LogP contribution in [0.2, 0.25) is 0 Å². The lowest BCUT2D eigenvalue weighted by Crippen LogP contribution is -2.13. The minimum absolute atomic E-state index is 0.244. The van der Waals surface area contributed by atoms with Crippen molar-refractivity contribution in [2.75, 3.05) is 11.1 Å². The zero-order valence-electron chi connectivity index (χ0n) is 9.60. The fourth-order valence-corrected chi connectivity index (χ4v) is 2.14. The number of nitrogens with one attached hydrogen (secondary N) is 1. The van der Waals surface area contributed by atoms with Crippen molar-refractivity contribution in [1.82, 2.24) is 4.98 Å². The van der Waals surface area contributed by atoms with E-state index in [0.29, 0.717) is 27.5 Å². The molecule has 0 radical (unpaired) electrons. The van der Waals surface area contributed by atoms with Crippen LogP contribution in [0.1, 0.15) is 20.9 Å². The number of anilines is 2. The van der Waals surface area contributed by atoms with Gasteiger partial charge in [-0.3, -0.25) is 4.79 Å². The van der Waals surface area contributed by atoms with Crippen molar-refractivity contribution in [2.45, 2.75) is 6.92 Å². The summed E-state index contributed by atoms with van der Waals surface area (Å²) in [6.07, 6.45) is 0. The summed E-state index contributed by atoms with van der Waals surface area (Å²) < 4.78 is 0. The Kier molecular flexibility index (Phi) is 3.26. The highest BCUT2D eigenvalue weighted by molar-refractivity contribution is 7.12. The molecule has 0 spiro atoms. The molecule has 2 aromatic rings. The standard InChI is InChI=1S/C12H10N4OS/c1-7-11(18-6-15-7)12(17)16-10-3-2-8(5-13)4-9(10)14/h2-4,6H,14H2,1H3,(H,16,17). The van der Waals surface area contributed by atoms with Crippen LogP contribution < -0.4 is 11.1 Å². The molecular weight excluding hydrogens is 248 g/mol. The van der Waals surface area contributed by atoms with Gasteiger partial charge in [-0.1, -0.05) is 0 Å². The minimum atomic E-state index is -0.244. The van der Waals surface area contributed by atoms with E-state index in [1.54, 1.807) is 24.6 Å². The lowest BCUT2D eigenvalue weighted by Gasteiger charge is -2.07. The molecule has 3 N–H and O–H groups in total. The monoisotopic (exact) mass is 258 g/mol. The Morgan fingerprint density at radius 3 is 2.89 bits per heavy atom. The van der Waals surface area contributed by atoms with Crippen LogP contribution >= 0.6 is 11.3 Å². The van der Waals surface area contributed by atoms with Crippen molar-refractivity contribution >= 4 is 28.6 Å². The third-order valence-corrected chi connectivity index (χ3v) is 3.31. The van der Waals surface area contributed by atoms with Crippen molar-refractivity contribution in [2.24, 2.45) is 0 Å². The summed E-state index contributed by atoms with van der Waals surface area (Å²) in [5.74, 6) is -0.244. The van der Waals surface area contributed by atoms with Crippen LogP contribution in [0.25, 0.3) is 0 Å². The fraction of sp³-hybridized carbons (Fsp3) is 0.0833. The summed E-state index contributed by atoms with van der Waals surface area (Å²) in [6.45, 7) is 1.77. The van der Waals surface area contributed by atoms with Gasteiger partial charge in [0.1, 0.15) is 4.88 Å². The number of aromatic nitrogens is 1. The molecule has 90 valence electrons. The van der Waals surface area contributed by atoms with Crippen molar-refractivity contribution < 1.29 is 4.79 Å². The molecule has 1 aromatic heterocycles. The number of nitrogen functional groups attached to an aromatic ring is 1. The molecule has 2 rings (SSSR count). The molecule has 1 aromatic carbocycles. The van der Waals surface area contributed by atoms with Crippen molar-refractivity contribution in [3.63, 3.8) is 0 Å². The molecule has 5 nitrogen and oxygen atoms in total. The van der Waals surface area contributed by atoms with E-state index in [1.165, 1.54) is 17.4 Å². The third kappa shape index (κ3) is 2.31. The largest absolute Gasteiger partial charge is 0.397 e. The number of amides is 1. The predicted molar refractivity (Wildman–Crippen MR) is 70.4 cm³/mol. The highest BCUT2D eigenvalue weighted by Crippen LogP contribution is 2.21. The second-order valence-corrected chi connectivity index (χ2v) is 4.49. The lowest BCUT2D eigenvalue weighted by molar-refractivity contribution is 0.103. The zero-order chi connectivity index (χ0) is 13.1. The van der Waals surface area contributed by atoms with E-state index in [1.807, 2.05) is 6.07 Å². The van der Waals surface area contributed by atoms with Crippen molar-refractivity contribution in [1.29, 1.82) is 5.26 Å². The number of nitrogens with zero attached hydrogens (tertiary/aromatic N) is 2. The number of aryl methyl sites for hydroxylation is 1. The van der Waals surface area contributed by atoms with Gasteiger partial charge in [0.15, 0.2) is 0 Å². The van der Waals surface area contributed by atoms with Gasteiger partial charge in [0.05, 0.1) is 34.2 Å². The summed E-state index contributed by atoms with van der Waals surface area (Å²) in [6, 6.07) is 6.72. The molecule has 18 heavy (non-hydrogen) atoms. The van der Waals surface area contributed by atoms with E-state index >= 15 is 0 Å². The second-order valence-electron chi connectivity index (χ2n) is 3.63. The quantitative estimate of drug-likeness (QED) is 0.807. The Morgan fingerprint density at radius 2 is 2.33 bits per heavy atom. The van der Waals surface area contributed by atoms with E-state index in [0.717, 1.165) is 0 Å². The van der Waals surface area contributed by atoms with Gasteiger partial charge in [-0.25, -0.2) is 4.98 Å². The third-order valence-electron chi connectivity index (χ3n) is 2.38. The van der Waals surface area contributed by atoms with Gasteiger partial charge in [0.25, 0.3) is 5.91 Å². The summed E-state index contributed by atoms with van der Waals surface area (Å²) in [7, 11) is 0. The lowest BCUT2D eigenvalue weighted by atomic mass is 10.2. The molecule has 1 amide bonds. The smallest absolute Gasteiger partial charge is 0.267 e. The van der Waals surface area contributed by atoms with Crippen LogP contribution in [0.15, 0.2) is 23.7 Å². The first-order valence-corrected chi connectivity index (χ1v) is 6.01. The summed E-state index contributed by atoms with van der Waals surface area (Å²) in [5, 5.41) is 11.4. The van der Waals surface area contributed by atoms with Gasteiger partial charge in [0.2, 0.25) is 0 Å². The highest BCUT2D eigenvalue weighted by atomic mass is 32.1. The summed E-state index contributed by atoms with van der Waals surface area (Å²) in [4.78, 5) is 16.5. The molecule has 0 saturated heterocycles. The molecular formula is C12H10N4OS. The van der Waals surface area contributed by atoms with Crippen LogP contribution in [-0.4, -0.2) is 10.9 Å². The van der Waals surface area contributed by atoms with Gasteiger partial charge in [-0.2, -0.15) is 5.26 Å². The maximum atomic E-state index is 11.9. The maximum absolute atomic E-state index is 11.9. The van der Waals surface area contributed by atoms with E-state index in [9.17, 15) is 4.79 Å². The Labute approximate surface area is 108 Å². The number of hydrogen-bond donors (Lipinski definition) is 2. The maximum Gasteiger partial charge on any atom is 0.267 e. The average molecular weight is 258 g/mol. The Hall–Kier alpha value is -2.39. The SMILES string of the molecule is Cc1ncsc1C(=O)Nc1ccc(C#N)cc1N. The molecule has 0 fully saturated rings. The topological polar surface area (TPSA) is 91.8 Å². The van der Waals surface area contributed by atoms with Crippen LogP contribution in [0.4, 0.5) is 11.4 Å². The van der Waals surface area contributed by atoms with E-state index < -0.39 is 0 Å². The van der Waals surface area contributed by atoms with Crippen LogP contribution in [-0.2, 0) is 0 Å². The fourth-order valence-electron chi connectivity index (χ4n) is 1.45. The van der Waals surface area contributed by atoms with Crippen LogP contribution in [0.5, 0.6) is 0 Å². The first-order chi connectivity index (χ1) is 8.61. The van der Waals surface area contributed by atoms with Crippen LogP contribution in [0.3, 0.4) is 0 Å². The molecule has 0 saturated carbocycles. The van der Waals surface area contributed by atoms with Crippen LogP contribution in [0, 0.1) is 18.3 Å². The second kappa shape index (κ2) is 4.85. The number of thiazole rings is 1. The average Bonchev–Trinajstić information content (AvgIpc) is 2.78. The molecule has 0 aliphatic carbocycles. The van der Waals surface area contributed by atoms with E-state index in [2.05, 4.69) is 10.3 Å². The number of nitrogens with two attached hydrogens (primary N) is 1. The number of nitriles is 1. The molecule has 1 heterocycles. The Bertz CT molecular complexity index is 642. The van der Waals surface area contributed by atoms with Gasteiger partial charge >= 0.3 is 0 Å². The van der Waals surface area contributed by atoms with Gasteiger partial charge in [-0.15, -0.1) is 11.3 Å². The molecule has 0 atom stereocenters. The van der Waals surface area contributed by atoms with E-state index in [4.69, 9.17) is 11.0 Å². The molecule has 6 heteroatoms. The van der Waals surface area contributed by atoms with Crippen molar-refractivity contribution in [3.05, 3.63) is 39.8 Å². The minimum Gasteiger partial charge on any atom is -0.397 e. The van der Waals surface area contributed by atoms with Gasteiger partial charge in [0, 0.05) is 0 Å². The molecule has 0 aliphatic rings. The summed E-state index contributed by atoms with van der Waals surface area (Å²) >= 11 is 1.27. The molecule has 0 bridgehead atoms. The highest BCUT2D eigenvalue weighted by Gasteiger charge is 2.13. The number of rotatable bonds is 2. The molecule has 0 aliphatic heterocycles. The number of carbonyl (C=O) groups excluding carboxylic acids is 1. The Morgan fingerprint density at radius 1 is 1.56 bits per heavy atom. The predicted octanol–water partition coefficient (Wildman–Crippen LogP) is 2.16. The molecule has 0 unspecified atom stereocenters. The number of benzene rings is 1. The number of carbonyl (C=O) groups is 1. The first-order valence-electron chi connectivity index (χ1n) is 5.13. The summed E-state index contributed by atoms with van der Waals surface area (Å²) in [5.41, 5.74) is 9.38. The normalized spacial score (nSPS) is 9.78. The van der Waals surface area contributed by atoms with Crippen molar-refractivity contribution in [3.8, 4) is 6.07 Å². The zero-order valence-corrected chi connectivity index (χ0v) is 10.4. The van der Waals surface area contributed by atoms with E-state index in [-0.39, 0.29) is 5.91 Å². The van der Waals surface area contributed by atoms with Gasteiger partial charge < -0.3 is 11.1 Å².